The molecule has 0 bridgehead atoms. The number of hydrogen-bond donors (Lipinski definition) is 1. The predicted molar refractivity (Wildman–Crippen MR) is 63.3 cm³/mol. The number of hydrogen-bond acceptors (Lipinski definition) is 2. The van der Waals surface area contributed by atoms with Gasteiger partial charge >= 0.3 is 0 Å². The Balaban J connectivity index is 0.00000112. The third kappa shape index (κ3) is 2.14. The summed E-state index contributed by atoms with van der Waals surface area (Å²) in [5.74, 6) is 0.265. The highest BCUT2D eigenvalue weighted by molar-refractivity contribution is 5.87. The average Bonchev–Trinajstić information content (AvgIpc) is 2.18. The van der Waals surface area contributed by atoms with Crippen LogP contribution in [0.1, 0.15) is 18.2 Å². The fourth-order valence-electron chi connectivity index (χ4n) is 1.74. The second kappa shape index (κ2) is 4.65. The Morgan fingerprint density at radius 1 is 1.33 bits per heavy atom. The molecule has 0 saturated heterocycles. The van der Waals surface area contributed by atoms with E-state index in [0.717, 1.165) is 17.5 Å². The van der Waals surface area contributed by atoms with Gasteiger partial charge in [-0.25, -0.2) is 4.98 Å². The van der Waals surface area contributed by atoms with Crippen molar-refractivity contribution in [2.75, 3.05) is 0 Å². The number of rotatable bonds is 1. The molecule has 0 spiro atoms. The lowest BCUT2D eigenvalue weighted by molar-refractivity contribution is 0.480. The van der Waals surface area contributed by atoms with E-state index in [0.29, 0.717) is 5.52 Å². The minimum atomic E-state index is 0. The van der Waals surface area contributed by atoms with E-state index in [1.165, 1.54) is 5.56 Å². The van der Waals surface area contributed by atoms with Crippen LogP contribution in [0.3, 0.4) is 0 Å². The van der Waals surface area contributed by atoms with Gasteiger partial charge in [0.25, 0.3) is 0 Å². The first-order chi connectivity index (χ1) is 6.72. The van der Waals surface area contributed by atoms with Crippen molar-refractivity contribution in [3.05, 3.63) is 35.5 Å². The third-order valence-electron chi connectivity index (χ3n) is 2.41. The first kappa shape index (κ1) is 12.0. The van der Waals surface area contributed by atoms with E-state index < -0.39 is 0 Å². The number of aryl methyl sites for hydroxylation is 2. The molecule has 2 rings (SSSR count). The van der Waals surface area contributed by atoms with E-state index in [9.17, 15) is 5.11 Å². The second-order valence-corrected chi connectivity index (χ2v) is 3.45. The van der Waals surface area contributed by atoms with Crippen molar-refractivity contribution in [3.8, 4) is 5.75 Å². The lowest BCUT2D eigenvalue weighted by atomic mass is 10.1. The van der Waals surface area contributed by atoms with Gasteiger partial charge in [0.2, 0.25) is 0 Å². The van der Waals surface area contributed by atoms with Crippen molar-refractivity contribution < 1.29 is 5.11 Å². The van der Waals surface area contributed by atoms with Crippen LogP contribution in [0.15, 0.2) is 24.3 Å². The first-order valence-electron chi connectivity index (χ1n) is 4.80. The number of phenolic OH excluding ortho intramolecular Hbond substituents is 1. The molecule has 0 aliphatic carbocycles. The molecular formula is C12H13AlNO. The summed E-state index contributed by atoms with van der Waals surface area (Å²) in [5.41, 5.74) is 2.91. The van der Waals surface area contributed by atoms with Crippen LogP contribution in [0.2, 0.25) is 0 Å². The summed E-state index contributed by atoms with van der Waals surface area (Å²) >= 11 is 0. The summed E-state index contributed by atoms with van der Waals surface area (Å²) in [6, 6.07) is 7.60. The Bertz CT molecular complexity index is 482. The molecule has 0 amide bonds. The van der Waals surface area contributed by atoms with Gasteiger partial charge in [0.05, 0.1) is 0 Å². The van der Waals surface area contributed by atoms with E-state index in [4.69, 9.17) is 0 Å². The van der Waals surface area contributed by atoms with Gasteiger partial charge in [-0.1, -0.05) is 19.1 Å². The summed E-state index contributed by atoms with van der Waals surface area (Å²) < 4.78 is 0. The van der Waals surface area contributed by atoms with Gasteiger partial charge in [0, 0.05) is 28.4 Å². The zero-order valence-electron chi connectivity index (χ0n) is 8.99. The summed E-state index contributed by atoms with van der Waals surface area (Å²) in [4.78, 5) is 4.33. The van der Waals surface area contributed by atoms with Crippen LogP contribution >= 0.6 is 0 Å². The van der Waals surface area contributed by atoms with Crippen LogP contribution in [0, 0.1) is 6.92 Å². The van der Waals surface area contributed by atoms with Crippen LogP contribution in [0.5, 0.6) is 5.75 Å². The van der Waals surface area contributed by atoms with Crippen LogP contribution in [0.4, 0.5) is 0 Å². The van der Waals surface area contributed by atoms with Crippen molar-refractivity contribution in [2.24, 2.45) is 0 Å². The smallest absolute Gasteiger partial charge is 0.141 e. The monoisotopic (exact) mass is 214 g/mol. The van der Waals surface area contributed by atoms with Crippen molar-refractivity contribution in [2.45, 2.75) is 20.3 Å². The molecule has 0 unspecified atom stereocenters. The van der Waals surface area contributed by atoms with Gasteiger partial charge in [-0.3, -0.25) is 0 Å². The largest absolute Gasteiger partial charge is 0.506 e. The fraction of sp³-hybridized carbons (Fsp3) is 0.250. The number of fused-ring (bicyclic) bond motifs is 1. The number of aromatic nitrogens is 1. The van der Waals surface area contributed by atoms with Crippen LogP contribution in [0.25, 0.3) is 10.9 Å². The maximum Gasteiger partial charge on any atom is 0.141 e. The van der Waals surface area contributed by atoms with Gasteiger partial charge in [0.1, 0.15) is 11.3 Å². The van der Waals surface area contributed by atoms with Crippen molar-refractivity contribution in [1.29, 1.82) is 0 Å². The van der Waals surface area contributed by atoms with Crippen molar-refractivity contribution in [3.63, 3.8) is 0 Å². The molecule has 1 aromatic heterocycles. The topological polar surface area (TPSA) is 33.1 Å². The second-order valence-electron chi connectivity index (χ2n) is 3.45. The first-order valence-corrected chi connectivity index (χ1v) is 4.80. The maximum absolute atomic E-state index is 9.65. The highest BCUT2D eigenvalue weighted by Crippen LogP contribution is 2.25. The molecule has 1 N–H and O–H groups in total. The normalized spacial score (nSPS) is 10.0. The number of pyridine rings is 1. The van der Waals surface area contributed by atoms with Crippen LogP contribution in [-0.2, 0) is 6.42 Å². The molecule has 0 fully saturated rings. The van der Waals surface area contributed by atoms with E-state index in [1.54, 1.807) is 6.07 Å². The summed E-state index contributed by atoms with van der Waals surface area (Å²) in [6.07, 6.45) is 0.962. The van der Waals surface area contributed by atoms with Gasteiger partial charge < -0.3 is 5.11 Å². The Labute approximate surface area is 100 Å². The lowest BCUT2D eigenvalue weighted by Gasteiger charge is -2.06. The molecule has 2 aromatic rings. The molecule has 75 valence electrons. The fourth-order valence-corrected chi connectivity index (χ4v) is 1.74. The molecule has 0 aliphatic heterocycles. The molecule has 3 radical (unpaired) electrons. The summed E-state index contributed by atoms with van der Waals surface area (Å²) in [7, 11) is 0. The Hall–Kier alpha value is -1.04. The minimum Gasteiger partial charge on any atom is -0.506 e. The summed E-state index contributed by atoms with van der Waals surface area (Å²) in [5, 5.41) is 10.7. The van der Waals surface area contributed by atoms with Gasteiger partial charge in [-0.15, -0.1) is 0 Å². The number of phenols is 1. The van der Waals surface area contributed by atoms with Crippen LogP contribution < -0.4 is 0 Å². The Kier molecular flexibility index (Phi) is 3.73. The number of para-hydroxylation sites is 1. The highest BCUT2D eigenvalue weighted by Gasteiger charge is 2.05. The molecule has 3 heteroatoms. The van der Waals surface area contributed by atoms with Crippen molar-refractivity contribution in [1.82, 2.24) is 4.98 Å². The van der Waals surface area contributed by atoms with E-state index in [1.807, 2.05) is 19.1 Å². The molecule has 15 heavy (non-hydrogen) atoms. The SMILES string of the molecule is CCc1cc(C)nc2c(O)cccc12.[Al]. The zero-order chi connectivity index (χ0) is 10.1. The predicted octanol–water partition coefficient (Wildman–Crippen LogP) is 2.43. The molecule has 1 aromatic carbocycles. The summed E-state index contributed by atoms with van der Waals surface area (Å²) in [6.45, 7) is 4.06. The standard InChI is InChI=1S/C12H13NO.Al/c1-3-9-7-8(2)13-12-10(9)5-4-6-11(12)14;/h4-7,14H,3H2,1-2H3;. The van der Waals surface area contributed by atoms with Gasteiger partial charge in [-0.05, 0) is 31.0 Å². The maximum atomic E-state index is 9.65. The quantitative estimate of drug-likeness (QED) is 0.739. The van der Waals surface area contributed by atoms with E-state index >= 15 is 0 Å². The van der Waals surface area contributed by atoms with E-state index in [-0.39, 0.29) is 23.1 Å². The lowest BCUT2D eigenvalue weighted by Crippen LogP contribution is -1.90. The number of aromatic hydroxyl groups is 1. The third-order valence-corrected chi connectivity index (χ3v) is 2.41. The molecule has 2 nitrogen and oxygen atoms in total. The molecule has 0 atom stereocenters. The molecule has 0 saturated carbocycles. The average molecular weight is 214 g/mol. The number of nitrogens with zero attached hydrogens (tertiary/aromatic N) is 1. The number of benzene rings is 1. The Morgan fingerprint density at radius 2 is 2.07 bits per heavy atom. The highest BCUT2D eigenvalue weighted by atomic mass is 27.0. The van der Waals surface area contributed by atoms with Crippen LogP contribution in [-0.4, -0.2) is 27.5 Å². The van der Waals surface area contributed by atoms with E-state index in [2.05, 4.69) is 18.0 Å². The zero-order valence-corrected chi connectivity index (χ0v) is 10.1. The van der Waals surface area contributed by atoms with Gasteiger partial charge in [0.15, 0.2) is 0 Å². The molecule has 1 heterocycles. The molecule has 0 aliphatic rings. The van der Waals surface area contributed by atoms with Crippen molar-refractivity contribution >= 4 is 28.3 Å². The minimum absolute atomic E-state index is 0. The van der Waals surface area contributed by atoms with Gasteiger partial charge in [-0.2, -0.15) is 0 Å². The Morgan fingerprint density at radius 3 is 2.73 bits per heavy atom. The molecular weight excluding hydrogens is 201 g/mol.